The first kappa shape index (κ1) is 18.0. The predicted octanol–water partition coefficient (Wildman–Crippen LogP) is 6.76. The molecule has 0 bridgehead atoms. The molecular formula is C25H18Cl2Si. The summed E-state index contributed by atoms with van der Waals surface area (Å²) in [5, 5.41) is 2.43. The second kappa shape index (κ2) is 7.08. The molecule has 2 aliphatic carbocycles. The molecule has 5 rings (SSSR count). The lowest BCUT2D eigenvalue weighted by Gasteiger charge is -2.28. The summed E-state index contributed by atoms with van der Waals surface area (Å²) in [6.07, 6.45) is 5.30. The zero-order chi connectivity index (χ0) is 19.1. The van der Waals surface area contributed by atoms with Gasteiger partial charge in [-0.25, -0.2) is 0 Å². The Balaban J connectivity index is 1.52. The van der Waals surface area contributed by atoms with Gasteiger partial charge >= 0.3 is 0 Å². The van der Waals surface area contributed by atoms with Crippen LogP contribution < -0.4 is 0 Å². The number of hydrogen-bond acceptors (Lipinski definition) is 0. The van der Waals surface area contributed by atoms with Crippen LogP contribution in [0.4, 0.5) is 0 Å². The fourth-order valence-corrected chi connectivity index (χ4v) is 6.56. The summed E-state index contributed by atoms with van der Waals surface area (Å²) in [6.45, 7) is 0. The Bertz CT molecular complexity index is 1100. The van der Waals surface area contributed by atoms with Crippen molar-refractivity contribution in [2.75, 3.05) is 0 Å². The Labute approximate surface area is 178 Å². The molecule has 3 aromatic carbocycles. The normalized spacial score (nSPS) is 22.4. The number of fused-ring (bicyclic) bond motifs is 2. The van der Waals surface area contributed by atoms with Gasteiger partial charge < -0.3 is 0 Å². The fourth-order valence-electron chi connectivity index (χ4n) is 4.14. The summed E-state index contributed by atoms with van der Waals surface area (Å²) in [7, 11) is 0.474. The van der Waals surface area contributed by atoms with Gasteiger partial charge in [0.25, 0.3) is 0 Å². The Kier molecular flexibility index (Phi) is 4.55. The Morgan fingerprint density at radius 2 is 1.46 bits per heavy atom. The zero-order valence-corrected chi connectivity index (χ0v) is 17.7. The number of rotatable bonds is 4. The molecule has 28 heavy (non-hydrogen) atoms. The maximum absolute atomic E-state index is 7.41. The van der Waals surface area contributed by atoms with Crippen LogP contribution in [-0.2, 0) is 11.3 Å². The molecule has 0 heterocycles. The van der Waals surface area contributed by atoms with Gasteiger partial charge in [-0.2, -0.15) is 0 Å². The third-order valence-electron chi connectivity index (χ3n) is 5.54. The molecule has 0 aromatic heterocycles. The van der Waals surface area contributed by atoms with Gasteiger partial charge in [0.1, 0.15) is 9.52 Å². The van der Waals surface area contributed by atoms with E-state index in [1.54, 1.807) is 0 Å². The van der Waals surface area contributed by atoms with Crippen LogP contribution in [0.15, 0.2) is 89.3 Å². The maximum Gasteiger partial charge on any atom is 0.115 e. The lowest BCUT2D eigenvalue weighted by Crippen LogP contribution is -2.26. The topological polar surface area (TPSA) is 0 Å². The van der Waals surface area contributed by atoms with Crippen molar-refractivity contribution in [3.8, 4) is 0 Å². The lowest BCUT2D eigenvalue weighted by atomic mass is 9.92. The molecule has 136 valence electrons. The van der Waals surface area contributed by atoms with E-state index in [1.807, 2.05) is 6.07 Å². The van der Waals surface area contributed by atoms with Crippen molar-refractivity contribution in [2.45, 2.75) is 16.7 Å². The molecule has 2 radical (unpaired) electrons. The van der Waals surface area contributed by atoms with Crippen LogP contribution >= 0.6 is 23.2 Å². The van der Waals surface area contributed by atoms with E-state index in [9.17, 15) is 0 Å². The van der Waals surface area contributed by atoms with Gasteiger partial charge in [-0.15, -0.1) is 23.2 Å². The maximum atomic E-state index is 7.41. The molecule has 2 unspecified atom stereocenters. The first-order valence-electron chi connectivity index (χ1n) is 9.41. The van der Waals surface area contributed by atoms with Gasteiger partial charge in [0.05, 0.1) is 10.3 Å². The van der Waals surface area contributed by atoms with Gasteiger partial charge in [0.2, 0.25) is 0 Å². The van der Waals surface area contributed by atoms with Gasteiger partial charge in [-0.1, -0.05) is 101 Å². The first-order valence-corrected chi connectivity index (χ1v) is 11.2. The van der Waals surface area contributed by atoms with E-state index >= 15 is 0 Å². The highest BCUT2D eigenvalue weighted by atomic mass is 35.5. The molecule has 0 N–H and O–H groups in total. The van der Waals surface area contributed by atoms with E-state index in [0.29, 0.717) is 9.52 Å². The van der Waals surface area contributed by atoms with E-state index in [-0.39, 0.29) is 5.38 Å². The van der Waals surface area contributed by atoms with Crippen LogP contribution in [-0.4, -0.2) is 9.52 Å². The Morgan fingerprint density at radius 3 is 2.25 bits per heavy atom. The van der Waals surface area contributed by atoms with Crippen molar-refractivity contribution in [3.63, 3.8) is 0 Å². The number of halogens is 2. The summed E-state index contributed by atoms with van der Waals surface area (Å²) in [5.41, 5.74) is 6.09. The molecule has 0 amide bonds. The summed E-state index contributed by atoms with van der Waals surface area (Å²) >= 11 is 14.2. The highest BCUT2D eigenvalue weighted by molar-refractivity contribution is 6.61. The molecular weight excluding hydrogens is 399 g/mol. The Morgan fingerprint density at radius 1 is 0.786 bits per heavy atom. The van der Waals surface area contributed by atoms with Crippen molar-refractivity contribution in [1.82, 2.24) is 0 Å². The molecule has 2 atom stereocenters. The summed E-state index contributed by atoms with van der Waals surface area (Å²) in [5.74, 6) is 0. The number of benzene rings is 3. The molecule has 2 aliphatic rings. The van der Waals surface area contributed by atoms with Gasteiger partial charge in [0.15, 0.2) is 0 Å². The summed E-state index contributed by atoms with van der Waals surface area (Å²) < 4.78 is 0. The van der Waals surface area contributed by atoms with Gasteiger partial charge in [0, 0.05) is 0 Å². The second-order valence-corrected chi connectivity index (χ2v) is 9.77. The third kappa shape index (κ3) is 2.99. The first-order chi connectivity index (χ1) is 13.6. The molecule has 0 saturated heterocycles. The van der Waals surface area contributed by atoms with Crippen LogP contribution in [0.3, 0.4) is 0 Å². The van der Waals surface area contributed by atoms with Crippen molar-refractivity contribution in [3.05, 3.63) is 117 Å². The van der Waals surface area contributed by atoms with Gasteiger partial charge in [-0.05, 0) is 34.2 Å². The number of allylic oxidation sites excluding steroid dienone is 2. The fraction of sp³-hybridized carbons (Fsp3) is 0.120. The van der Waals surface area contributed by atoms with Crippen LogP contribution in [0.1, 0.15) is 33.2 Å². The number of alkyl halides is 2. The SMILES string of the molecule is ClC1C([Si]C2=Cc3ccccc3C2(Cl)Cc2ccccc2)=Cc2ccccc21. The smallest absolute Gasteiger partial charge is 0.113 e. The quantitative estimate of drug-likeness (QED) is 0.325. The van der Waals surface area contributed by atoms with E-state index < -0.39 is 4.87 Å². The average Bonchev–Trinajstić information content (AvgIpc) is 3.18. The highest BCUT2D eigenvalue weighted by Gasteiger charge is 2.41. The van der Waals surface area contributed by atoms with E-state index in [0.717, 1.165) is 6.42 Å². The molecule has 3 heteroatoms. The largest absolute Gasteiger partial charge is 0.115 e. The molecule has 0 aliphatic heterocycles. The molecule has 0 nitrogen and oxygen atoms in total. The third-order valence-corrected chi connectivity index (χ3v) is 8.45. The average molecular weight is 417 g/mol. The van der Waals surface area contributed by atoms with E-state index in [2.05, 4.69) is 84.9 Å². The molecule has 0 fully saturated rings. The van der Waals surface area contributed by atoms with E-state index in [1.165, 1.54) is 38.2 Å². The predicted molar refractivity (Wildman–Crippen MR) is 121 cm³/mol. The standard InChI is InChI=1S/C25H18Cl2Si/c26-24-20-12-6-4-10-18(20)14-22(24)28-23-15-19-11-5-7-13-21(19)25(23,27)16-17-8-2-1-3-9-17/h1-15,24H,16H2. The molecule has 0 spiro atoms. The summed E-state index contributed by atoms with van der Waals surface area (Å²) in [4.78, 5) is -0.525. The van der Waals surface area contributed by atoms with Crippen LogP contribution in [0.5, 0.6) is 0 Å². The van der Waals surface area contributed by atoms with Crippen molar-refractivity contribution < 1.29 is 0 Å². The second-order valence-electron chi connectivity index (χ2n) is 7.32. The minimum Gasteiger partial charge on any atom is -0.113 e. The van der Waals surface area contributed by atoms with E-state index in [4.69, 9.17) is 23.2 Å². The molecule has 3 aromatic rings. The Hall–Kier alpha value is -2.06. The summed E-state index contributed by atoms with van der Waals surface area (Å²) in [6, 6.07) is 27.4. The zero-order valence-electron chi connectivity index (χ0n) is 15.2. The number of hydrogen-bond donors (Lipinski definition) is 0. The van der Waals surface area contributed by atoms with Crippen LogP contribution in [0, 0.1) is 0 Å². The molecule has 0 saturated carbocycles. The monoisotopic (exact) mass is 416 g/mol. The van der Waals surface area contributed by atoms with Crippen molar-refractivity contribution >= 4 is 44.9 Å². The van der Waals surface area contributed by atoms with Crippen LogP contribution in [0.2, 0.25) is 0 Å². The van der Waals surface area contributed by atoms with Gasteiger partial charge in [-0.3, -0.25) is 0 Å². The van der Waals surface area contributed by atoms with Crippen molar-refractivity contribution in [1.29, 1.82) is 0 Å². The lowest BCUT2D eigenvalue weighted by molar-refractivity contribution is 0.748. The van der Waals surface area contributed by atoms with Crippen LogP contribution in [0.25, 0.3) is 12.2 Å². The highest BCUT2D eigenvalue weighted by Crippen LogP contribution is 2.49. The minimum absolute atomic E-state index is 0.0724. The van der Waals surface area contributed by atoms with Crippen molar-refractivity contribution in [2.24, 2.45) is 0 Å². The minimum atomic E-state index is -0.525.